The zero-order chi connectivity index (χ0) is 13.6. The molecule has 0 aromatic rings. The number of aliphatic hydroxyl groups is 1. The lowest BCUT2D eigenvalue weighted by Gasteiger charge is -2.46. The molecule has 1 N–H and O–H groups in total. The number of carbonyl (C=O) groups is 1. The number of rotatable bonds is 2. The van der Waals surface area contributed by atoms with Crippen LogP contribution in [0.2, 0.25) is 0 Å². The van der Waals surface area contributed by atoms with E-state index in [9.17, 15) is 18.3 Å². The van der Waals surface area contributed by atoms with Gasteiger partial charge in [-0.1, -0.05) is 6.92 Å². The van der Waals surface area contributed by atoms with Gasteiger partial charge in [0.25, 0.3) is 10.1 Å². The molecule has 0 aromatic carbocycles. The van der Waals surface area contributed by atoms with Crippen LogP contribution < -0.4 is 0 Å². The first-order valence-electron chi connectivity index (χ1n) is 6.03. The first kappa shape index (κ1) is 13.7. The molecule has 1 saturated carbocycles. The van der Waals surface area contributed by atoms with E-state index in [1.807, 2.05) is 6.92 Å². The summed E-state index contributed by atoms with van der Waals surface area (Å²) in [5.41, 5.74) is 0.0629. The summed E-state index contributed by atoms with van der Waals surface area (Å²) in [6, 6.07) is 0. The monoisotopic (exact) mass is 274 g/mol. The summed E-state index contributed by atoms with van der Waals surface area (Å²) < 4.78 is 27.7. The number of fused-ring (bicyclic) bond motifs is 1. The van der Waals surface area contributed by atoms with Crippen molar-refractivity contribution in [2.24, 2.45) is 5.41 Å². The fraction of sp³-hybridized carbons (Fsp3) is 0.750. The van der Waals surface area contributed by atoms with Gasteiger partial charge in [0.1, 0.15) is 0 Å². The molecule has 2 rings (SSSR count). The molecule has 6 heteroatoms. The Hall–Kier alpha value is -0.720. The normalized spacial score (nSPS) is 37.1. The molecule has 2 aliphatic rings. The van der Waals surface area contributed by atoms with E-state index in [1.165, 1.54) is 6.08 Å². The molecule has 0 bridgehead atoms. The molecule has 0 spiro atoms. The number of hydrogen-bond donors (Lipinski definition) is 1. The summed E-state index contributed by atoms with van der Waals surface area (Å²) >= 11 is 0. The van der Waals surface area contributed by atoms with E-state index >= 15 is 0 Å². The first-order chi connectivity index (χ1) is 8.22. The third-order valence-corrected chi connectivity index (χ3v) is 4.51. The quantitative estimate of drug-likeness (QED) is 0.753. The van der Waals surface area contributed by atoms with Crippen LogP contribution in [-0.4, -0.2) is 37.8 Å². The van der Waals surface area contributed by atoms with E-state index in [2.05, 4.69) is 0 Å². The Morgan fingerprint density at radius 1 is 1.44 bits per heavy atom. The molecule has 102 valence electrons. The van der Waals surface area contributed by atoms with Crippen molar-refractivity contribution in [1.29, 1.82) is 0 Å². The molecule has 0 heterocycles. The molecule has 0 aromatic heterocycles. The molecule has 0 unspecified atom stereocenters. The lowest BCUT2D eigenvalue weighted by Crippen LogP contribution is -2.47. The van der Waals surface area contributed by atoms with Crippen LogP contribution >= 0.6 is 0 Å². The van der Waals surface area contributed by atoms with Crippen molar-refractivity contribution in [3.05, 3.63) is 11.6 Å². The van der Waals surface area contributed by atoms with E-state index in [-0.39, 0.29) is 5.78 Å². The van der Waals surface area contributed by atoms with Crippen LogP contribution in [0.15, 0.2) is 11.6 Å². The highest BCUT2D eigenvalue weighted by Gasteiger charge is 2.47. The SMILES string of the molecule is C[C@@]12CCC(=O)C=C1[C@@H](O)CC[C@H]2OS(C)(=O)=O. The van der Waals surface area contributed by atoms with Crippen LogP contribution in [0.3, 0.4) is 0 Å². The fourth-order valence-electron chi connectivity index (χ4n) is 2.91. The van der Waals surface area contributed by atoms with Crippen molar-refractivity contribution in [3.8, 4) is 0 Å². The van der Waals surface area contributed by atoms with Crippen LogP contribution in [-0.2, 0) is 19.1 Å². The molecular formula is C12H18O5S. The zero-order valence-electron chi connectivity index (χ0n) is 10.5. The van der Waals surface area contributed by atoms with Gasteiger partial charge >= 0.3 is 0 Å². The smallest absolute Gasteiger partial charge is 0.264 e. The molecule has 0 saturated heterocycles. The lowest BCUT2D eigenvalue weighted by atomic mass is 9.63. The average molecular weight is 274 g/mol. The van der Waals surface area contributed by atoms with Crippen LogP contribution in [0.4, 0.5) is 0 Å². The number of carbonyl (C=O) groups excluding carboxylic acids is 1. The zero-order valence-corrected chi connectivity index (χ0v) is 11.4. The third-order valence-electron chi connectivity index (χ3n) is 3.93. The van der Waals surface area contributed by atoms with Gasteiger partial charge in [0, 0.05) is 11.8 Å². The van der Waals surface area contributed by atoms with Crippen LogP contribution in [0.25, 0.3) is 0 Å². The van der Waals surface area contributed by atoms with Gasteiger partial charge in [-0.05, 0) is 30.9 Å². The molecule has 0 radical (unpaired) electrons. The number of ketones is 1. The Bertz CT molecular complexity index is 493. The molecule has 5 nitrogen and oxygen atoms in total. The first-order valence-corrected chi connectivity index (χ1v) is 7.85. The maximum Gasteiger partial charge on any atom is 0.264 e. The van der Waals surface area contributed by atoms with Crippen molar-refractivity contribution in [3.63, 3.8) is 0 Å². The minimum absolute atomic E-state index is 0.0125. The highest BCUT2D eigenvalue weighted by Crippen LogP contribution is 2.48. The predicted octanol–water partition coefficient (Wildman–Crippen LogP) is 0.782. The Balaban J connectivity index is 2.36. The maximum absolute atomic E-state index is 11.5. The van der Waals surface area contributed by atoms with Gasteiger partial charge in [-0.3, -0.25) is 8.98 Å². The molecule has 1 fully saturated rings. The van der Waals surface area contributed by atoms with Crippen LogP contribution in [0, 0.1) is 5.41 Å². The summed E-state index contributed by atoms with van der Waals surface area (Å²) in [4.78, 5) is 11.5. The maximum atomic E-state index is 11.5. The second-order valence-electron chi connectivity index (χ2n) is 5.37. The average Bonchev–Trinajstić information content (AvgIpc) is 2.24. The van der Waals surface area contributed by atoms with E-state index in [1.54, 1.807) is 0 Å². The Morgan fingerprint density at radius 3 is 2.72 bits per heavy atom. The molecular weight excluding hydrogens is 256 g/mol. The van der Waals surface area contributed by atoms with Crippen molar-refractivity contribution in [2.75, 3.05) is 6.26 Å². The molecule has 0 amide bonds. The second-order valence-corrected chi connectivity index (χ2v) is 6.97. The van der Waals surface area contributed by atoms with Crippen molar-refractivity contribution < 1.29 is 22.5 Å². The van der Waals surface area contributed by atoms with E-state index in [0.29, 0.717) is 31.3 Å². The number of aliphatic hydroxyl groups excluding tert-OH is 1. The fourth-order valence-corrected chi connectivity index (χ4v) is 3.64. The Kier molecular flexibility index (Phi) is 3.38. The van der Waals surface area contributed by atoms with Gasteiger partial charge in [0.2, 0.25) is 0 Å². The minimum atomic E-state index is -3.54. The summed E-state index contributed by atoms with van der Waals surface area (Å²) in [7, 11) is -3.54. The molecule has 18 heavy (non-hydrogen) atoms. The highest BCUT2D eigenvalue weighted by atomic mass is 32.2. The van der Waals surface area contributed by atoms with E-state index in [0.717, 1.165) is 6.26 Å². The van der Waals surface area contributed by atoms with Gasteiger partial charge in [0.15, 0.2) is 5.78 Å². The van der Waals surface area contributed by atoms with Gasteiger partial charge in [-0.15, -0.1) is 0 Å². The van der Waals surface area contributed by atoms with Crippen LogP contribution in [0.5, 0.6) is 0 Å². The van der Waals surface area contributed by atoms with Crippen molar-refractivity contribution in [2.45, 2.75) is 44.8 Å². The predicted molar refractivity (Wildman–Crippen MR) is 65.4 cm³/mol. The number of allylic oxidation sites excluding steroid dienone is 1. The molecule has 3 atom stereocenters. The van der Waals surface area contributed by atoms with Gasteiger partial charge in [-0.2, -0.15) is 8.42 Å². The van der Waals surface area contributed by atoms with Crippen LogP contribution in [0.1, 0.15) is 32.6 Å². The summed E-state index contributed by atoms with van der Waals surface area (Å²) in [6.07, 6.45) is 3.13. The summed E-state index contributed by atoms with van der Waals surface area (Å²) in [6.45, 7) is 1.86. The van der Waals surface area contributed by atoms with Crippen molar-refractivity contribution in [1.82, 2.24) is 0 Å². The largest absolute Gasteiger partial charge is 0.389 e. The standard InChI is InChI=1S/C12H18O5S/c1-12-6-5-8(13)7-9(12)10(14)3-4-11(12)17-18(2,15)16/h7,10-11,14H,3-6H2,1-2H3/t10-,11+,12+/m0/s1. The minimum Gasteiger partial charge on any atom is -0.389 e. The lowest BCUT2D eigenvalue weighted by molar-refractivity contribution is -0.117. The Labute approximate surface area is 107 Å². The van der Waals surface area contributed by atoms with Crippen molar-refractivity contribution >= 4 is 15.9 Å². The molecule has 0 aliphatic heterocycles. The number of hydrogen-bond acceptors (Lipinski definition) is 5. The Morgan fingerprint density at radius 2 is 2.11 bits per heavy atom. The van der Waals surface area contributed by atoms with E-state index < -0.39 is 27.7 Å². The summed E-state index contributed by atoms with van der Waals surface area (Å²) in [5.74, 6) is -0.0125. The third kappa shape index (κ3) is 2.50. The van der Waals surface area contributed by atoms with Gasteiger partial charge in [-0.25, -0.2) is 0 Å². The van der Waals surface area contributed by atoms with Gasteiger partial charge in [0.05, 0.1) is 18.5 Å². The second kappa shape index (κ2) is 4.43. The topological polar surface area (TPSA) is 80.7 Å². The van der Waals surface area contributed by atoms with E-state index in [4.69, 9.17) is 4.18 Å². The molecule has 2 aliphatic carbocycles. The van der Waals surface area contributed by atoms with Gasteiger partial charge < -0.3 is 5.11 Å². The summed E-state index contributed by atoms with van der Waals surface area (Å²) in [5, 5.41) is 9.98. The highest BCUT2D eigenvalue weighted by molar-refractivity contribution is 7.86.